The molecule has 0 aliphatic carbocycles. The standard InChI is InChI=1S/C21H22N4O.C2H4O2/c1-13-10-17-18(11-14(13)2)24-21(26)20(23-17)16-12-25(9-5-8-22)19-7-4-3-6-15(16)19;1-2(3)4/h3-4,6-7,10-12H,5,8-9,22H2,1-2H3,(H,24,26);1H3,(H,3,4). The third-order valence-corrected chi connectivity index (χ3v) is 5.00. The maximum absolute atomic E-state index is 12.8. The van der Waals surface area contributed by atoms with Crippen molar-refractivity contribution in [1.29, 1.82) is 0 Å². The zero-order valence-corrected chi connectivity index (χ0v) is 17.5. The number of carbonyl (C=O) groups excluding carboxylic acids is 1. The summed E-state index contributed by atoms with van der Waals surface area (Å²) in [5.41, 5.74) is 10.2. The lowest BCUT2D eigenvalue weighted by atomic mass is 10.1. The SMILES string of the molecule is CC(=O)[O-].Cc1cc2nc(-c3cn(CCC[NH3+])c4ccccc34)c(=O)[nH]c2cc1C. The Bertz CT molecular complexity index is 1270. The van der Waals surface area contributed by atoms with Gasteiger partial charge in [0.25, 0.3) is 5.56 Å². The Hall–Kier alpha value is -3.45. The summed E-state index contributed by atoms with van der Waals surface area (Å²) >= 11 is 0. The molecule has 2 aromatic heterocycles. The van der Waals surface area contributed by atoms with Crippen LogP contribution in [0.25, 0.3) is 33.2 Å². The third-order valence-electron chi connectivity index (χ3n) is 5.00. The Labute approximate surface area is 174 Å². The van der Waals surface area contributed by atoms with Crippen molar-refractivity contribution in [2.75, 3.05) is 6.54 Å². The van der Waals surface area contributed by atoms with Gasteiger partial charge in [-0.2, -0.15) is 0 Å². The smallest absolute Gasteiger partial charge is 0.275 e. The lowest BCUT2D eigenvalue weighted by molar-refractivity contribution is -0.368. The van der Waals surface area contributed by atoms with E-state index in [-0.39, 0.29) is 5.56 Å². The molecule has 4 rings (SSSR count). The van der Waals surface area contributed by atoms with Gasteiger partial charge in [-0.15, -0.1) is 0 Å². The predicted molar refractivity (Wildman–Crippen MR) is 116 cm³/mol. The van der Waals surface area contributed by atoms with E-state index in [9.17, 15) is 4.79 Å². The van der Waals surface area contributed by atoms with Crippen LogP contribution in [0.15, 0.2) is 47.4 Å². The number of hydrogen-bond donors (Lipinski definition) is 2. The first-order valence-electron chi connectivity index (χ1n) is 9.88. The van der Waals surface area contributed by atoms with Crippen molar-refractivity contribution in [2.45, 2.75) is 33.7 Å². The van der Waals surface area contributed by atoms with Crippen molar-refractivity contribution in [3.8, 4) is 11.3 Å². The quantitative estimate of drug-likeness (QED) is 0.534. The molecule has 0 amide bonds. The molecule has 156 valence electrons. The highest BCUT2D eigenvalue weighted by Gasteiger charge is 2.15. The van der Waals surface area contributed by atoms with Crippen LogP contribution >= 0.6 is 0 Å². The van der Waals surface area contributed by atoms with Gasteiger partial charge in [0.1, 0.15) is 5.69 Å². The number of para-hydroxylation sites is 1. The number of aliphatic carboxylic acids is 1. The number of H-pyrrole nitrogens is 1. The summed E-state index contributed by atoms with van der Waals surface area (Å²) in [6.45, 7) is 6.84. The van der Waals surface area contributed by atoms with Gasteiger partial charge >= 0.3 is 0 Å². The van der Waals surface area contributed by atoms with E-state index >= 15 is 0 Å². The highest BCUT2D eigenvalue weighted by Crippen LogP contribution is 2.29. The molecule has 7 heteroatoms. The number of hydrogen-bond acceptors (Lipinski definition) is 4. The van der Waals surface area contributed by atoms with E-state index in [1.54, 1.807) is 0 Å². The van der Waals surface area contributed by atoms with Crippen LogP contribution < -0.4 is 16.4 Å². The molecule has 0 fully saturated rings. The van der Waals surface area contributed by atoms with Crippen LogP contribution in [0.3, 0.4) is 0 Å². The molecule has 0 saturated heterocycles. The predicted octanol–water partition coefficient (Wildman–Crippen LogP) is 1.55. The first-order valence-corrected chi connectivity index (χ1v) is 9.88. The summed E-state index contributed by atoms with van der Waals surface area (Å²) in [6.07, 6.45) is 3.04. The molecular weight excluding hydrogens is 380 g/mol. The number of nitrogens with one attached hydrogen (secondary N) is 1. The van der Waals surface area contributed by atoms with E-state index in [0.717, 1.165) is 59.5 Å². The molecule has 0 bridgehead atoms. The number of carboxylic acids is 1. The molecule has 4 aromatic rings. The molecule has 2 heterocycles. The molecule has 0 aliphatic rings. The Morgan fingerprint density at radius 2 is 1.87 bits per heavy atom. The van der Waals surface area contributed by atoms with Gasteiger partial charge in [-0.05, 0) is 50.1 Å². The fraction of sp³-hybridized carbons (Fsp3) is 0.261. The number of quaternary nitrogens is 1. The Kier molecular flexibility index (Phi) is 6.32. The number of aryl methyl sites for hydroxylation is 3. The van der Waals surface area contributed by atoms with E-state index in [4.69, 9.17) is 14.9 Å². The first kappa shape index (κ1) is 21.3. The molecule has 0 radical (unpaired) electrons. The number of aromatic nitrogens is 3. The number of aromatic amines is 1. The van der Waals surface area contributed by atoms with Crippen molar-refractivity contribution in [1.82, 2.24) is 14.5 Å². The summed E-state index contributed by atoms with van der Waals surface area (Å²) in [5.74, 6) is -1.08. The fourth-order valence-corrected chi connectivity index (χ4v) is 3.43. The van der Waals surface area contributed by atoms with E-state index in [2.05, 4.69) is 34.3 Å². The molecule has 2 aromatic carbocycles. The summed E-state index contributed by atoms with van der Waals surface area (Å²) in [7, 11) is 0. The topological polar surface area (TPSA) is 118 Å². The van der Waals surface area contributed by atoms with Gasteiger partial charge in [-0.3, -0.25) is 4.79 Å². The van der Waals surface area contributed by atoms with Gasteiger partial charge in [0.15, 0.2) is 0 Å². The van der Waals surface area contributed by atoms with Crippen LogP contribution in [0, 0.1) is 13.8 Å². The Balaban J connectivity index is 0.000000589. The fourth-order valence-electron chi connectivity index (χ4n) is 3.43. The number of rotatable bonds is 4. The van der Waals surface area contributed by atoms with Gasteiger partial charge in [0.2, 0.25) is 0 Å². The maximum atomic E-state index is 12.8. The molecule has 0 spiro atoms. The van der Waals surface area contributed by atoms with Gasteiger partial charge in [-0.1, -0.05) is 18.2 Å². The zero-order valence-electron chi connectivity index (χ0n) is 17.5. The van der Waals surface area contributed by atoms with Crippen LogP contribution in [0.5, 0.6) is 0 Å². The van der Waals surface area contributed by atoms with Gasteiger partial charge in [-0.25, -0.2) is 4.98 Å². The summed E-state index contributed by atoms with van der Waals surface area (Å²) in [4.78, 5) is 29.4. The minimum absolute atomic E-state index is 0.152. The van der Waals surface area contributed by atoms with E-state index in [0.29, 0.717) is 5.69 Å². The highest BCUT2D eigenvalue weighted by molar-refractivity contribution is 5.95. The third kappa shape index (κ3) is 4.41. The van der Waals surface area contributed by atoms with Crippen LogP contribution in [0.4, 0.5) is 0 Å². The largest absolute Gasteiger partial charge is 0.550 e. The molecule has 30 heavy (non-hydrogen) atoms. The van der Waals surface area contributed by atoms with Gasteiger partial charge in [0, 0.05) is 41.6 Å². The average molecular weight is 406 g/mol. The first-order chi connectivity index (χ1) is 14.3. The molecule has 0 aliphatic heterocycles. The van der Waals surface area contributed by atoms with Crippen LogP contribution in [0.2, 0.25) is 0 Å². The average Bonchev–Trinajstić information content (AvgIpc) is 3.05. The van der Waals surface area contributed by atoms with Crippen molar-refractivity contribution < 1.29 is 15.6 Å². The Morgan fingerprint density at radius 3 is 2.57 bits per heavy atom. The normalized spacial score (nSPS) is 10.8. The Morgan fingerprint density at radius 1 is 1.20 bits per heavy atom. The van der Waals surface area contributed by atoms with Crippen LogP contribution in [-0.2, 0) is 11.3 Å². The monoisotopic (exact) mass is 406 g/mol. The number of nitrogens with zero attached hydrogens (tertiary/aromatic N) is 2. The zero-order chi connectivity index (χ0) is 21.8. The van der Waals surface area contributed by atoms with Crippen molar-refractivity contribution >= 4 is 27.9 Å². The van der Waals surface area contributed by atoms with Crippen LogP contribution in [0.1, 0.15) is 24.5 Å². The van der Waals surface area contributed by atoms with Gasteiger partial charge < -0.3 is 25.2 Å². The van der Waals surface area contributed by atoms with E-state index < -0.39 is 5.97 Å². The number of carbonyl (C=O) groups is 1. The molecule has 0 atom stereocenters. The minimum atomic E-state index is -1.08. The summed E-state index contributed by atoms with van der Waals surface area (Å²) in [5, 5.41) is 9.94. The van der Waals surface area contributed by atoms with Crippen LogP contribution in [-0.4, -0.2) is 27.0 Å². The van der Waals surface area contributed by atoms with E-state index in [1.165, 1.54) is 5.56 Å². The minimum Gasteiger partial charge on any atom is -0.550 e. The lowest BCUT2D eigenvalue weighted by Crippen LogP contribution is -2.50. The van der Waals surface area contributed by atoms with Crippen molar-refractivity contribution in [3.63, 3.8) is 0 Å². The number of carboxylic acid groups (broad SMARTS) is 1. The maximum Gasteiger partial charge on any atom is 0.275 e. The van der Waals surface area contributed by atoms with Crippen molar-refractivity contribution in [2.24, 2.45) is 0 Å². The second-order valence-electron chi connectivity index (χ2n) is 7.32. The summed E-state index contributed by atoms with van der Waals surface area (Å²) in [6, 6.07) is 12.2. The molecule has 7 nitrogen and oxygen atoms in total. The second kappa shape index (κ2) is 8.92. The molecule has 0 unspecified atom stereocenters. The molecule has 0 saturated carbocycles. The lowest BCUT2D eigenvalue weighted by Gasteiger charge is -2.05. The summed E-state index contributed by atoms with van der Waals surface area (Å²) < 4.78 is 2.20. The second-order valence-corrected chi connectivity index (χ2v) is 7.32. The van der Waals surface area contributed by atoms with E-state index in [1.807, 2.05) is 37.4 Å². The van der Waals surface area contributed by atoms with Gasteiger partial charge in [0.05, 0.1) is 17.6 Å². The number of fused-ring (bicyclic) bond motifs is 2. The molecule has 4 N–H and O–H groups in total. The molecular formula is C23H26N4O3. The highest BCUT2D eigenvalue weighted by atomic mass is 16.4. The number of benzene rings is 2. The van der Waals surface area contributed by atoms with Crippen molar-refractivity contribution in [3.05, 3.63) is 64.1 Å².